The zero-order chi connectivity index (χ0) is 19.2. The number of nitrogens with one attached hydrogen (secondary N) is 2. The van der Waals surface area contributed by atoms with Crippen LogP contribution in [-0.4, -0.2) is 55.6 Å². The van der Waals surface area contributed by atoms with Crippen molar-refractivity contribution in [1.29, 1.82) is 0 Å². The normalized spacial score (nSPS) is 12.5. The molecule has 0 aliphatic carbocycles. The van der Waals surface area contributed by atoms with Gasteiger partial charge in [-0.3, -0.25) is 0 Å². The van der Waals surface area contributed by atoms with Crippen LogP contribution >= 0.6 is 12.6 Å². The lowest BCUT2D eigenvalue weighted by Crippen LogP contribution is -2.29. The molecule has 6 nitrogen and oxygen atoms in total. The van der Waals surface area contributed by atoms with Gasteiger partial charge in [0.25, 0.3) is 5.84 Å². The van der Waals surface area contributed by atoms with Crippen molar-refractivity contribution in [3.63, 3.8) is 0 Å². The molecular weight excluding hydrogens is 348 g/mol. The number of anilines is 2. The first-order chi connectivity index (χ1) is 12.6. The summed E-state index contributed by atoms with van der Waals surface area (Å²) in [4.78, 5) is 2.24. The molecule has 0 saturated carbocycles. The molecule has 3 N–H and O–H groups in total. The zero-order valence-electron chi connectivity index (χ0n) is 15.9. The monoisotopic (exact) mass is 379 g/mol. The molecule has 0 aliphatic rings. The van der Waals surface area contributed by atoms with Crippen molar-refractivity contribution < 1.29 is 14.5 Å². The number of hydrogen-bond acceptors (Lipinski definition) is 5. The minimum absolute atomic E-state index is 0.0534. The summed E-state index contributed by atoms with van der Waals surface area (Å²) in [6.07, 6.45) is 5.92. The Morgan fingerprint density at radius 1 is 1.31 bits per heavy atom. The van der Waals surface area contributed by atoms with Gasteiger partial charge in [0.05, 0.1) is 31.7 Å². The van der Waals surface area contributed by atoms with Crippen molar-refractivity contribution in [2.24, 2.45) is 0 Å². The van der Waals surface area contributed by atoms with E-state index in [4.69, 9.17) is 9.84 Å². The van der Waals surface area contributed by atoms with Crippen molar-refractivity contribution in [3.8, 4) is 0 Å². The number of aliphatic hydroxyl groups is 1. The van der Waals surface area contributed by atoms with E-state index < -0.39 is 0 Å². The Balaban J connectivity index is 2.74. The summed E-state index contributed by atoms with van der Waals surface area (Å²) >= 11 is 4.03. The van der Waals surface area contributed by atoms with E-state index in [-0.39, 0.29) is 6.61 Å². The summed E-state index contributed by atoms with van der Waals surface area (Å²) in [5.74, 6) is 0.954. The van der Waals surface area contributed by atoms with Gasteiger partial charge in [0.1, 0.15) is 7.05 Å². The highest BCUT2D eigenvalue weighted by Gasteiger charge is 2.06. The zero-order valence-corrected chi connectivity index (χ0v) is 16.7. The molecule has 0 aliphatic heterocycles. The van der Waals surface area contributed by atoms with E-state index in [0.29, 0.717) is 13.2 Å². The van der Waals surface area contributed by atoms with Crippen LogP contribution in [0.3, 0.4) is 0 Å². The Hall–Kier alpha value is -1.96. The minimum Gasteiger partial charge on any atom is -0.394 e. The number of benzene rings is 1. The molecule has 0 heterocycles. The number of hydrogen-bond donors (Lipinski definition) is 4. The molecule has 0 bridgehead atoms. The molecule has 0 aromatic heterocycles. The van der Waals surface area contributed by atoms with Gasteiger partial charge in [-0.15, -0.1) is 12.6 Å². The Kier molecular flexibility index (Phi) is 11.3. The van der Waals surface area contributed by atoms with Crippen molar-refractivity contribution in [3.05, 3.63) is 48.0 Å². The number of allylic oxidation sites excluding steroid dienone is 1. The maximum Gasteiger partial charge on any atom is 0.269 e. The van der Waals surface area contributed by atoms with Crippen LogP contribution in [0.2, 0.25) is 0 Å². The van der Waals surface area contributed by atoms with E-state index in [0.717, 1.165) is 30.3 Å². The summed E-state index contributed by atoms with van der Waals surface area (Å²) in [5, 5.41) is 13.6. The molecular formula is C19H31N4O2S+. The Labute approximate surface area is 162 Å². The summed E-state index contributed by atoms with van der Waals surface area (Å²) in [6.45, 7) is 6.58. The van der Waals surface area contributed by atoms with Gasteiger partial charge in [-0.2, -0.15) is 4.68 Å². The van der Waals surface area contributed by atoms with Crippen molar-refractivity contribution in [1.82, 2.24) is 5.32 Å². The third-order valence-electron chi connectivity index (χ3n) is 3.70. The van der Waals surface area contributed by atoms with E-state index in [1.807, 2.05) is 43.8 Å². The second-order valence-electron chi connectivity index (χ2n) is 5.61. The fourth-order valence-electron chi connectivity index (χ4n) is 2.18. The fraction of sp³-hybridized carbons (Fsp3) is 0.421. The number of rotatable bonds is 11. The third-order valence-corrected chi connectivity index (χ3v) is 3.85. The Bertz CT molecular complexity index is 600. The van der Waals surface area contributed by atoms with E-state index in [1.54, 1.807) is 11.6 Å². The highest BCUT2D eigenvalue weighted by atomic mass is 32.1. The lowest BCUT2D eigenvalue weighted by Gasteiger charge is -2.23. The van der Waals surface area contributed by atoms with Gasteiger partial charge >= 0.3 is 0 Å². The van der Waals surface area contributed by atoms with Gasteiger partial charge in [-0.05, 0) is 31.2 Å². The van der Waals surface area contributed by atoms with Gasteiger partial charge in [0.2, 0.25) is 0 Å². The first kappa shape index (κ1) is 22.1. The first-order valence-corrected chi connectivity index (χ1v) is 9.18. The lowest BCUT2D eigenvalue weighted by atomic mass is 10.2. The average Bonchev–Trinajstić information content (AvgIpc) is 2.66. The van der Waals surface area contributed by atoms with E-state index >= 15 is 0 Å². The molecule has 0 fully saturated rings. The van der Waals surface area contributed by atoms with E-state index in [1.165, 1.54) is 0 Å². The van der Waals surface area contributed by atoms with Crippen LogP contribution in [0.5, 0.6) is 0 Å². The molecule has 0 atom stereocenters. The lowest BCUT2D eigenvalue weighted by molar-refractivity contribution is -0.466. The summed E-state index contributed by atoms with van der Waals surface area (Å²) < 4.78 is 7.30. The largest absolute Gasteiger partial charge is 0.394 e. The molecule has 0 saturated heterocycles. The molecule has 26 heavy (non-hydrogen) atoms. The Morgan fingerprint density at radius 3 is 2.65 bits per heavy atom. The SMILES string of the molecule is C/C=C/CN(CCOCCO)c1ccc(N/[N+](C)=C(\C)N/C=C\S)cc1. The number of hydrazone groups is 1. The minimum atomic E-state index is 0.0534. The van der Waals surface area contributed by atoms with Gasteiger partial charge in [0, 0.05) is 31.1 Å². The number of nitrogens with zero attached hydrogens (tertiary/aromatic N) is 2. The van der Waals surface area contributed by atoms with Crippen LogP contribution < -0.4 is 15.6 Å². The molecule has 0 spiro atoms. The Morgan fingerprint density at radius 2 is 2.04 bits per heavy atom. The third kappa shape index (κ3) is 8.42. The second-order valence-corrected chi connectivity index (χ2v) is 5.91. The summed E-state index contributed by atoms with van der Waals surface area (Å²) in [7, 11) is 1.94. The van der Waals surface area contributed by atoms with Gasteiger partial charge in [-0.25, -0.2) is 10.7 Å². The maximum atomic E-state index is 8.80. The molecule has 1 aromatic rings. The van der Waals surface area contributed by atoms with Crippen LogP contribution in [0.25, 0.3) is 0 Å². The average molecular weight is 380 g/mol. The number of aliphatic hydroxyl groups excluding tert-OH is 1. The predicted molar refractivity (Wildman–Crippen MR) is 113 cm³/mol. The van der Waals surface area contributed by atoms with Crippen molar-refractivity contribution >= 4 is 29.8 Å². The molecule has 0 radical (unpaired) electrons. The van der Waals surface area contributed by atoms with Crippen molar-refractivity contribution in [2.45, 2.75) is 13.8 Å². The van der Waals surface area contributed by atoms with E-state index in [9.17, 15) is 0 Å². The molecule has 1 rings (SSSR count). The second kappa shape index (κ2) is 13.3. The smallest absolute Gasteiger partial charge is 0.269 e. The molecule has 0 unspecified atom stereocenters. The van der Waals surface area contributed by atoms with Crippen LogP contribution in [-0.2, 0) is 4.74 Å². The highest BCUT2D eigenvalue weighted by molar-refractivity contribution is 7.83. The van der Waals surface area contributed by atoms with Crippen LogP contribution in [0.4, 0.5) is 11.4 Å². The van der Waals surface area contributed by atoms with E-state index in [2.05, 4.69) is 46.5 Å². The van der Waals surface area contributed by atoms with Crippen LogP contribution in [0, 0.1) is 0 Å². The predicted octanol–water partition coefficient (Wildman–Crippen LogP) is 2.46. The number of thiol groups is 1. The fourth-order valence-corrected chi connectivity index (χ4v) is 2.25. The highest BCUT2D eigenvalue weighted by Crippen LogP contribution is 2.18. The van der Waals surface area contributed by atoms with Gasteiger partial charge in [0.15, 0.2) is 0 Å². The molecule has 1 aromatic carbocycles. The first-order valence-electron chi connectivity index (χ1n) is 8.66. The van der Waals surface area contributed by atoms with Gasteiger partial charge < -0.3 is 14.7 Å². The quantitative estimate of drug-likeness (QED) is 0.0905. The number of ether oxygens (including phenoxy) is 1. The molecule has 144 valence electrons. The number of amidine groups is 1. The number of hydrazine groups is 1. The van der Waals surface area contributed by atoms with Crippen LogP contribution in [0.1, 0.15) is 13.8 Å². The van der Waals surface area contributed by atoms with Gasteiger partial charge in [-0.1, -0.05) is 12.2 Å². The molecule has 0 amide bonds. The summed E-state index contributed by atoms with van der Waals surface area (Å²) in [6, 6.07) is 8.26. The standard InChI is InChI=1S/C19H30N4O2S/c1-4-5-11-23(12-14-25-15-13-24)19-8-6-18(7-9-19)21-22(3)17(2)20-10-16-26/h4-10,16,21,24,26H,11-15H2,1-3H3/p+1/b5-4+,16-10-. The topological polar surface area (TPSA) is 59.8 Å². The van der Waals surface area contributed by atoms with Crippen molar-refractivity contribution in [2.75, 3.05) is 50.3 Å². The van der Waals surface area contributed by atoms with Crippen LogP contribution in [0.15, 0.2) is 48.0 Å². The maximum absolute atomic E-state index is 8.80. The molecule has 7 heteroatoms. The summed E-state index contributed by atoms with van der Waals surface area (Å²) in [5.41, 5.74) is 5.43.